The van der Waals surface area contributed by atoms with E-state index in [9.17, 15) is 4.79 Å². The fourth-order valence-electron chi connectivity index (χ4n) is 2.36. The van der Waals surface area contributed by atoms with E-state index >= 15 is 0 Å². The Morgan fingerprint density at radius 1 is 1.29 bits per heavy atom. The molecule has 0 radical (unpaired) electrons. The predicted molar refractivity (Wildman–Crippen MR) is 94.7 cm³/mol. The average molecular weight is 328 g/mol. The smallest absolute Gasteiger partial charge is 0.271 e. The minimum Gasteiger partial charge on any atom is -0.385 e. The van der Waals surface area contributed by atoms with Crippen molar-refractivity contribution >= 4 is 17.4 Å². The Morgan fingerprint density at radius 3 is 2.75 bits per heavy atom. The van der Waals surface area contributed by atoms with Gasteiger partial charge < -0.3 is 15.0 Å². The van der Waals surface area contributed by atoms with Gasteiger partial charge in [-0.25, -0.2) is 9.97 Å². The molecule has 6 heteroatoms. The Hall–Kier alpha value is -2.47. The second-order valence-electron chi connectivity index (χ2n) is 5.45. The highest BCUT2D eigenvalue weighted by molar-refractivity contribution is 5.92. The number of rotatable bonds is 8. The maximum atomic E-state index is 12.0. The monoisotopic (exact) mass is 328 g/mol. The highest BCUT2D eigenvalue weighted by Gasteiger charge is 2.12. The molecular weight excluding hydrogens is 304 g/mol. The number of nitrogens with one attached hydrogen (secondary N) is 1. The number of methoxy groups -OCH3 is 1. The summed E-state index contributed by atoms with van der Waals surface area (Å²) in [4.78, 5) is 22.7. The molecule has 1 heterocycles. The SMILES string of the molecule is CCN(c1cccc(C)c1)c1cnc(C(=O)NCCCOC)cn1. The fraction of sp³-hybridized carbons (Fsp3) is 0.389. The van der Waals surface area contributed by atoms with Gasteiger partial charge in [0.1, 0.15) is 5.69 Å². The first-order chi connectivity index (χ1) is 11.7. The number of anilines is 2. The van der Waals surface area contributed by atoms with Crippen LogP contribution in [0.1, 0.15) is 29.4 Å². The molecule has 1 aromatic carbocycles. The molecule has 0 atom stereocenters. The first-order valence-electron chi connectivity index (χ1n) is 8.09. The van der Waals surface area contributed by atoms with E-state index in [-0.39, 0.29) is 5.91 Å². The predicted octanol–water partition coefficient (Wildman–Crippen LogP) is 2.71. The summed E-state index contributed by atoms with van der Waals surface area (Å²) in [6, 6.07) is 8.21. The summed E-state index contributed by atoms with van der Waals surface area (Å²) in [6.07, 6.45) is 3.92. The molecule has 2 aromatic rings. The van der Waals surface area contributed by atoms with Crippen molar-refractivity contribution < 1.29 is 9.53 Å². The van der Waals surface area contributed by atoms with E-state index in [0.29, 0.717) is 18.8 Å². The number of amides is 1. The van der Waals surface area contributed by atoms with E-state index in [4.69, 9.17) is 4.74 Å². The van der Waals surface area contributed by atoms with E-state index in [1.807, 2.05) is 12.1 Å². The molecule has 0 saturated heterocycles. The largest absolute Gasteiger partial charge is 0.385 e. The maximum Gasteiger partial charge on any atom is 0.271 e. The first-order valence-corrected chi connectivity index (χ1v) is 8.09. The van der Waals surface area contributed by atoms with Crippen molar-refractivity contribution in [3.8, 4) is 0 Å². The number of ether oxygens (including phenoxy) is 1. The van der Waals surface area contributed by atoms with Crippen LogP contribution in [0.5, 0.6) is 0 Å². The van der Waals surface area contributed by atoms with Gasteiger partial charge in [0.05, 0.1) is 12.4 Å². The van der Waals surface area contributed by atoms with Crippen molar-refractivity contribution in [3.63, 3.8) is 0 Å². The highest BCUT2D eigenvalue weighted by Crippen LogP contribution is 2.23. The second kappa shape index (κ2) is 8.98. The van der Waals surface area contributed by atoms with Crippen molar-refractivity contribution in [3.05, 3.63) is 47.9 Å². The van der Waals surface area contributed by atoms with Crippen molar-refractivity contribution in [1.82, 2.24) is 15.3 Å². The summed E-state index contributed by atoms with van der Waals surface area (Å²) < 4.78 is 4.95. The minimum absolute atomic E-state index is 0.219. The molecule has 0 aliphatic carbocycles. The summed E-state index contributed by atoms with van der Waals surface area (Å²) in [5.41, 5.74) is 2.56. The Balaban J connectivity index is 2.06. The van der Waals surface area contributed by atoms with E-state index in [1.54, 1.807) is 13.3 Å². The fourth-order valence-corrected chi connectivity index (χ4v) is 2.36. The average Bonchev–Trinajstić information content (AvgIpc) is 2.60. The van der Waals surface area contributed by atoms with Crippen molar-refractivity contribution in [2.45, 2.75) is 20.3 Å². The Bertz CT molecular complexity index is 658. The van der Waals surface area contributed by atoms with E-state index < -0.39 is 0 Å². The van der Waals surface area contributed by atoms with Crippen LogP contribution in [0.25, 0.3) is 0 Å². The zero-order valence-corrected chi connectivity index (χ0v) is 14.5. The number of benzene rings is 1. The van der Waals surface area contributed by atoms with Gasteiger partial charge in [-0.1, -0.05) is 12.1 Å². The molecule has 1 N–H and O–H groups in total. The number of hydrogen-bond donors (Lipinski definition) is 1. The van der Waals surface area contributed by atoms with Gasteiger partial charge in [0, 0.05) is 32.5 Å². The molecule has 2 rings (SSSR count). The second-order valence-corrected chi connectivity index (χ2v) is 5.45. The van der Waals surface area contributed by atoms with E-state index in [2.05, 4.69) is 46.2 Å². The van der Waals surface area contributed by atoms with Crippen LogP contribution >= 0.6 is 0 Å². The standard InChI is InChI=1S/C18H24N4O2/c1-4-22(15-8-5-7-14(2)11-15)17-13-20-16(12-21-17)18(23)19-9-6-10-24-3/h5,7-8,11-13H,4,6,9-10H2,1-3H3,(H,19,23). The molecular formula is C18H24N4O2. The quantitative estimate of drug-likeness (QED) is 0.755. The molecule has 128 valence electrons. The van der Waals surface area contributed by atoms with Crippen molar-refractivity contribution in [2.75, 3.05) is 31.7 Å². The van der Waals surface area contributed by atoms with Gasteiger partial charge in [0.2, 0.25) is 0 Å². The van der Waals surface area contributed by atoms with Crippen LogP contribution in [0.2, 0.25) is 0 Å². The molecule has 1 aromatic heterocycles. The number of hydrogen-bond acceptors (Lipinski definition) is 5. The molecule has 0 saturated carbocycles. The van der Waals surface area contributed by atoms with Crippen LogP contribution in [0.15, 0.2) is 36.7 Å². The lowest BCUT2D eigenvalue weighted by Crippen LogP contribution is -2.26. The third-order valence-electron chi connectivity index (χ3n) is 3.59. The van der Waals surface area contributed by atoms with Crippen LogP contribution in [-0.2, 0) is 4.74 Å². The lowest BCUT2D eigenvalue weighted by molar-refractivity contribution is 0.0943. The summed E-state index contributed by atoms with van der Waals surface area (Å²) in [5.74, 6) is 0.503. The number of aryl methyl sites for hydroxylation is 1. The Labute approximate surface area is 142 Å². The molecule has 6 nitrogen and oxygen atoms in total. The Kier molecular flexibility index (Phi) is 6.69. The number of carbonyl (C=O) groups is 1. The summed E-state index contributed by atoms with van der Waals surface area (Å²) in [6.45, 7) is 6.05. The third kappa shape index (κ3) is 4.76. The number of nitrogens with zero attached hydrogens (tertiary/aromatic N) is 3. The summed E-state index contributed by atoms with van der Waals surface area (Å²) >= 11 is 0. The van der Waals surface area contributed by atoms with Crippen molar-refractivity contribution in [2.24, 2.45) is 0 Å². The lowest BCUT2D eigenvalue weighted by Gasteiger charge is -2.22. The van der Waals surface area contributed by atoms with E-state index in [1.165, 1.54) is 11.8 Å². The van der Waals surface area contributed by atoms with E-state index in [0.717, 1.165) is 24.5 Å². The molecule has 24 heavy (non-hydrogen) atoms. The van der Waals surface area contributed by atoms with Crippen LogP contribution in [0, 0.1) is 6.92 Å². The van der Waals surface area contributed by atoms with Crippen LogP contribution in [0.3, 0.4) is 0 Å². The summed E-state index contributed by atoms with van der Waals surface area (Å²) in [5, 5.41) is 2.80. The van der Waals surface area contributed by atoms with Gasteiger partial charge in [0.25, 0.3) is 5.91 Å². The highest BCUT2D eigenvalue weighted by atomic mass is 16.5. The normalized spacial score (nSPS) is 10.5. The van der Waals surface area contributed by atoms with Gasteiger partial charge in [-0.05, 0) is 38.0 Å². The van der Waals surface area contributed by atoms with Gasteiger partial charge in [-0.2, -0.15) is 0 Å². The Morgan fingerprint density at radius 2 is 2.12 bits per heavy atom. The number of aromatic nitrogens is 2. The van der Waals surface area contributed by atoms with Gasteiger partial charge in [0.15, 0.2) is 5.82 Å². The van der Waals surface area contributed by atoms with Crippen LogP contribution in [-0.4, -0.2) is 42.7 Å². The topological polar surface area (TPSA) is 67.4 Å². The van der Waals surface area contributed by atoms with Crippen LogP contribution in [0.4, 0.5) is 11.5 Å². The van der Waals surface area contributed by atoms with Gasteiger partial charge >= 0.3 is 0 Å². The minimum atomic E-state index is -0.219. The molecule has 1 amide bonds. The zero-order chi connectivity index (χ0) is 17.4. The van der Waals surface area contributed by atoms with Gasteiger partial charge in [-0.3, -0.25) is 4.79 Å². The molecule has 0 unspecified atom stereocenters. The molecule has 0 aliphatic heterocycles. The van der Waals surface area contributed by atoms with Gasteiger partial charge in [-0.15, -0.1) is 0 Å². The third-order valence-corrected chi connectivity index (χ3v) is 3.59. The lowest BCUT2D eigenvalue weighted by atomic mass is 10.2. The van der Waals surface area contributed by atoms with Crippen LogP contribution < -0.4 is 10.2 Å². The summed E-state index contributed by atoms with van der Waals surface area (Å²) in [7, 11) is 1.64. The van der Waals surface area contributed by atoms with Crippen molar-refractivity contribution in [1.29, 1.82) is 0 Å². The molecule has 0 bridgehead atoms. The molecule has 0 aliphatic rings. The molecule has 0 spiro atoms. The zero-order valence-electron chi connectivity index (χ0n) is 14.5. The first kappa shape index (κ1) is 17.9. The number of carbonyl (C=O) groups excluding carboxylic acids is 1. The maximum absolute atomic E-state index is 12.0. The molecule has 0 fully saturated rings.